The van der Waals surface area contributed by atoms with Gasteiger partial charge in [0.15, 0.2) is 11.6 Å². The van der Waals surface area contributed by atoms with Gasteiger partial charge in [0, 0.05) is 12.6 Å². The Morgan fingerprint density at radius 3 is 2.90 bits per heavy atom. The zero-order valence-electron chi connectivity index (χ0n) is 12.3. The minimum Gasteiger partial charge on any atom is -0.494 e. The molecule has 0 radical (unpaired) electrons. The normalized spacial score (nSPS) is 20.6. The summed E-state index contributed by atoms with van der Waals surface area (Å²) in [5.41, 5.74) is 0.985. The van der Waals surface area contributed by atoms with Crippen molar-refractivity contribution >= 4 is 0 Å². The Morgan fingerprint density at radius 2 is 2.30 bits per heavy atom. The molecule has 0 aromatic heterocycles. The molecule has 1 N–H and O–H groups in total. The second-order valence-electron chi connectivity index (χ2n) is 5.38. The highest BCUT2D eigenvalue weighted by Gasteiger charge is 2.19. The monoisotopic (exact) mass is 281 g/mol. The first kappa shape index (κ1) is 15.3. The van der Waals surface area contributed by atoms with E-state index in [1.807, 2.05) is 13.1 Å². The molecule has 3 nitrogen and oxygen atoms in total. The van der Waals surface area contributed by atoms with Gasteiger partial charge in [-0.1, -0.05) is 6.07 Å². The topological polar surface area (TPSA) is 30.5 Å². The molecule has 4 heteroatoms. The Labute approximate surface area is 120 Å². The maximum absolute atomic E-state index is 13.7. The summed E-state index contributed by atoms with van der Waals surface area (Å²) < 4.78 is 24.4. The number of methoxy groups -OCH3 is 1. The van der Waals surface area contributed by atoms with E-state index in [-0.39, 0.29) is 5.82 Å². The first-order valence-corrected chi connectivity index (χ1v) is 7.34. The fourth-order valence-electron chi connectivity index (χ4n) is 2.74. The molecule has 0 bridgehead atoms. The maximum Gasteiger partial charge on any atom is 0.165 e. The second kappa shape index (κ2) is 7.60. The zero-order valence-corrected chi connectivity index (χ0v) is 12.3. The van der Waals surface area contributed by atoms with Crippen molar-refractivity contribution < 1.29 is 13.9 Å². The molecule has 0 spiro atoms. The molecule has 0 aliphatic carbocycles. The van der Waals surface area contributed by atoms with Crippen molar-refractivity contribution in [2.45, 2.75) is 44.2 Å². The van der Waals surface area contributed by atoms with E-state index in [9.17, 15) is 4.39 Å². The summed E-state index contributed by atoms with van der Waals surface area (Å²) in [5.74, 6) is -0.000795. The van der Waals surface area contributed by atoms with E-state index in [4.69, 9.17) is 9.47 Å². The highest BCUT2D eigenvalue weighted by atomic mass is 19.1. The smallest absolute Gasteiger partial charge is 0.165 e. The van der Waals surface area contributed by atoms with E-state index >= 15 is 0 Å². The first-order valence-electron chi connectivity index (χ1n) is 7.34. The first-order chi connectivity index (χ1) is 9.72. The van der Waals surface area contributed by atoms with Crippen LogP contribution in [0.4, 0.5) is 4.39 Å². The van der Waals surface area contributed by atoms with E-state index in [0.29, 0.717) is 17.9 Å². The van der Waals surface area contributed by atoms with Crippen molar-refractivity contribution in [3.05, 3.63) is 29.6 Å². The van der Waals surface area contributed by atoms with Gasteiger partial charge >= 0.3 is 0 Å². The van der Waals surface area contributed by atoms with Crippen LogP contribution in [-0.2, 0) is 11.2 Å². The Balaban J connectivity index is 1.93. The molecule has 2 atom stereocenters. The SMILES string of the molecule is CNC(Cc1ccc(OC)c(F)c1)CC1CCCCO1. The van der Waals surface area contributed by atoms with Gasteiger partial charge in [-0.3, -0.25) is 0 Å². The van der Waals surface area contributed by atoms with E-state index in [2.05, 4.69) is 5.32 Å². The summed E-state index contributed by atoms with van der Waals surface area (Å²) in [7, 11) is 3.43. The predicted octanol–water partition coefficient (Wildman–Crippen LogP) is 2.92. The average molecular weight is 281 g/mol. The van der Waals surface area contributed by atoms with E-state index in [1.54, 1.807) is 12.1 Å². The van der Waals surface area contributed by atoms with Gasteiger partial charge in [0.2, 0.25) is 0 Å². The summed E-state index contributed by atoms with van der Waals surface area (Å²) in [6.45, 7) is 0.873. The van der Waals surface area contributed by atoms with Crippen LogP contribution in [0.3, 0.4) is 0 Å². The van der Waals surface area contributed by atoms with Gasteiger partial charge in [-0.05, 0) is 56.8 Å². The van der Waals surface area contributed by atoms with Crippen LogP contribution < -0.4 is 10.1 Å². The predicted molar refractivity (Wildman–Crippen MR) is 77.7 cm³/mol. The molecular formula is C16H24FNO2. The number of hydrogen-bond donors (Lipinski definition) is 1. The molecule has 1 aliphatic heterocycles. The number of rotatable bonds is 6. The van der Waals surface area contributed by atoms with E-state index in [1.165, 1.54) is 20.0 Å². The van der Waals surface area contributed by atoms with Crippen LogP contribution in [0, 0.1) is 5.82 Å². The van der Waals surface area contributed by atoms with Gasteiger partial charge in [0.25, 0.3) is 0 Å². The quantitative estimate of drug-likeness (QED) is 0.869. The van der Waals surface area contributed by atoms with Gasteiger partial charge in [0.05, 0.1) is 13.2 Å². The third-order valence-corrected chi connectivity index (χ3v) is 3.93. The van der Waals surface area contributed by atoms with Crippen LogP contribution in [0.15, 0.2) is 18.2 Å². The Hall–Kier alpha value is -1.13. The van der Waals surface area contributed by atoms with Crippen molar-refractivity contribution in [1.29, 1.82) is 0 Å². The minimum absolute atomic E-state index is 0.297. The lowest BCUT2D eigenvalue weighted by atomic mass is 9.97. The summed E-state index contributed by atoms with van der Waals surface area (Å²) >= 11 is 0. The molecule has 20 heavy (non-hydrogen) atoms. The standard InChI is InChI=1S/C16H24FNO2/c1-18-13(11-14-5-3-4-8-20-14)9-12-6-7-16(19-2)15(17)10-12/h6-7,10,13-14,18H,3-5,8-9,11H2,1-2H3. The summed E-state index contributed by atoms with van der Waals surface area (Å²) in [6.07, 6.45) is 5.67. The molecule has 1 heterocycles. The van der Waals surface area contributed by atoms with Gasteiger partial charge in [-0.15, -0.1) is 0 Å². The Morgan fingerprint density at radius 1 is 1.45 bits per heavy atom. The molecule has 1 aromatic carbocycles. The van der Waals surface area contributed by atoms with E-state index in [0.717, 1.165) is 31.4 Å². The Bertz CT molecular complexity index is 419. The fraction of sp³-hybridized carbons (Fsp3) is 0.625. The van der Waals surface area contributed by atoms with E-state index < -0.39 is 0 Å². The number of nitrogens with one attached hydrogen (secondary N) is 1. The van der Waals surface area contributed by atoms with Crippen LogP contribution in [0.1, 0.15) is 31.2 Å². The molecule has 112 valence electrons. The van der Waals surface area contributed by atoms with Gasteiger partial charge in [-0.25, -0.2) is 4.39 Å². The van der Waals surface area contributed by atoms with Crippen LogP contribution >= 0.6 is 0 Å². The largest absolute Gasteiger partial charge is 0.494 e. The van der Waals surface area contributed by atoms with Gasteiger partial charge in [0.1, 0.15) is 0 Å². The molecule has 1 aliphatic rings. The summed E-state index contributed by atoms with van der Waals surface area (Å²) in [6, 6.07) is 5.48. The van der Waals surface area contributed by atoms with Gasteiger partial charge in [-0.2, -0.15) is 0 Å². The molecule has 0 saturated carbocycles. The third-order valence-electron chi connectivity index (χ3n) is 3.93. The van der Waals surface area contributed by atoms with Crippen molar-refractivity contribution in [3.63, 3.8) is 0 Å². The van der Waals surface area contributed by atoms with Crippen LogP contribution in [0.5, 0.6) is 5.75 Å². The van der Waals surface area contributed by atoms with Crippen LogP contribution in [0.25, 0.3) is 0 Å². The highest BCUT2D eigenvalue weighted by molar-refractivity contribution is 5.29. The molecular weight excluding hydrogens is 257 g/mol. The van der Waals surface area contributed by atoms with Crippen LogP contribution in [0.2, 0.25) is 0 Å². The van der Waals surface area contributed by atoms with Crippen molar-refractivity contribution in [3.8, 4) is 5.75 Å². The third kappa shape index (κ3) is 4.18. The van der Waals surface area contributed by atoms with Gasteiger partial charge < -0.3 is 14.8 Å². The summed E-state index contributed by atoms with van der Waals surface area (Å²) in [4.78, 5) is 0. The molecule has 1 fully saturated rings. The lowest BCUT2D eigenvalue weighted by Gasteiger charge is -2.27. The lowest BCUT2D eigenvalue weighted by Crippen LogP contribution is -2.34. The van der Waals surface area contributed by atoms with Crippen molar-refractivity contribution in [2.75, 3.05) is 20.8 Å². The minimum atomic E-state index is -0.297. The van der Waals surface area contributed by atoms with Crippen LogP contribution in [-0.4, -0.2) is 32.9 Å². The lowest BCUT2D eigenvalue weighted by molar-refractivity contribution is 0.00568. The number of halogens is 1. The highest BCUT2D eigenvalue weighted by Crippen LogP contribution is 2.21. The number of likely N-dealkylation sites (N-methyl/N-ethyl adjacent to an activating group) is 1. The maximum atomic E-state index is 13.7. The molecule has 0 amide bonds. The second-order valence-corrected chi connectivity index (χ2v) is 5.38. The molecule has 2 rings (SSSR count). The number of benzene rings is 1. The molecule has 2 unspecified atom stereocenters. The number of hydrogen-bond acceptors (Lipinski definition) is 3. The average Bonchev–Trinajstić information content (AvgIpc) is 2.48. The Kier molecular flexibility index (Phi) is 5.80. The molecule has 1 aromatic rings. The number of ether oxygens (including phenoxy) is 2. The zero-order chi connectivity index (χ0) is 14.4. The van der Waals surface area contributed by atoms with Crippen molar-refractivity contribution in [2.24, 2.45) is 0 Å². The molecule has 1 saturated heterocycles. The van der Waals surface area contributed by atoms with Crippen molar-refractivity contribution in [1.82, 2.24) is 5.32 Å². The summed E-state index contributed by atoms with van der Waals surface area (Å²) in [5, 5.41) is 3.31. The fourth-order valence-corrected chi connectivity index (χ4v) is 2.74.